The zero-order chi connectivity index (χ0) is 16.9. The number of ether oxygens (including phenoxy) is 1. The number of rotatable bonds is 4. The van der Waals surface area contributed by atoms with E-state index < -0.39 is 16.6 Å². The van der Waals surface area contributed by atoms with E-state index in [0.29, 0.717) is 11.1 Å². The molecule has 1 aromatic rings. The number of carbonyl (C=O) groups excluding carboxylic acids is 1. The summed E-state index contributed by atoms with van der Waals surface area (Å²) in [6, 6.07) is 0. The highest BCUT2D eigenvalue weighted by atomic mass is 35.5. The van der Waals surface area contributed by atoms with Gasteiger partial charge in [0.15, 0.2) is 0 Å². The summed E-state index contributed by atoms with van der Waals surface area (Å²) in [5.74, 6) is 0. The van der Waals surface area contributed by atoms with Crippen LogP contribution in [0.4, 0.5) is 10.5 Å². The second kappa shape index (κ2) is 7.22. The minimum Gasteiger partial charge on any atom is -0.444 e. The number of aromatic nitrogens is 1. The highest BCUT2D eigenvalue weighted by Crippen LogP contribution is 2.28. The summed E-state index contributed by atoms with van der Waals surface area (Å²) in [5.41, 5.74) is 0.190. The summed E-state index contributed by atoms with van der Waals surface area (Å²) in [6.45, 7) is 7.12. The Bertz CT molecular complexity index is 609. The van der Waals surface area contributed by atoms with E-state index >= 15 is 0 Å². The van der Waals surface area contributed by atoms with Crippen LogP contribution in [0.25, 0.3) is 6.08 Å². The zero-order valence-corrected chi connectivity index (χ0v) is 13.6. The van der Waals surface area contributed by atoms with E-state index in [2.05, 4.69) is 10.3 Å². The summed E-state index contributed by atoms with van der Waals surface area (Å²) in [6.07, 6.45) is 4.18. The van der Waals surface area contributed by atoms with Gasteiger partial charge in [-0.15, -0.1) is 0 Å². The Labute approximate surface area is 133 Å². The zero-order valence-electron chi connectivity index (χ0n) is 12.8. The Kier molecular flexibility index (Phi) is 5.87. The van der Waals surface area contributed by atoms with Crippen molar-refractivity contribution in [2.24, 2.45) is 0 Å². The minimum atomic E-state index is -0.568. The van der Waals surface area contributed by atoms with Crippen LogP contribution in [0.15, 0.2) is 12.3 Å². The Morgan fingerprint density at radius 3 is 2.73 bits per heavy atom. The predicted octanol–water partition coefficient (Wildman–Crippen LogP) is 3.49. The van der Waals surface area contributed by atoms with Crippen molar-refractivity contribution < 1.29 is 14.5 Å². The number of pyridine rings is 1. The van der Waals surface area contributed by atoms with Crippen molar-refractivity contribution in [2.75, 3.05) is 6.54 Å². The number of hydrogen-bond donors (Lipinski definition) is 1. The molecule has 0 bridgehead atoms. The summed E-state index contributed by atoms with van der Waals surface area (Å²) in [7, 11) is 0. The molecule has 120 valence electrons. The summed E-state index contributed by atoms with van der Waals surface area (Å²) < 4.78 is 5.08. The summed E-state index contributed by atoms with van der Waals surface area (Å²) in [5, 5.41) is 13.3. The third-order valence-electron chi connectivity index (χ3n) is 2.54. The maximum atomic E-state index is 11.4. The first-order valence-corrected chi connectivity index (χ1v) is 6.92. The summed E-state index contributed by atoms with van der Waals surface area (Å²) in [4.78, 5) is 25.6. The lowest BCUT2D eigenvalue weighted by molar-refractivity contribution is -0.385. The molecule has 0 aliphatic carbocycles. The van der Waals surface area contributed by atoms with Crippen molar-refractivity contribution in [1.82, 2.24) is 10.3 Å². The molecule has 0 spiro atoms. The van der Waals surface area contributed by atoms with Crippen LogP contribution in [0.5, 0.6) is 0 Å². The molecule has 0 fully saturated rings. The van der Waals surface area contributed by atoms with Crippen LogP contribution < -0.4 is 5.32 Å². The first-order chi connectivity index (χ1) is 10.1. The number of amides is 1. The number of nitrogens with one attached hydrogen (secondary N) is 1. The molecule has 8 heteroatoms. The third-order valence-corrected chi connectivity index (χ3v) is 2.82. The normalized spacial score (nSPS) is 11.5. The molecule has 1 N–H and O–H groups in total. The Balaban J connectivity index is 2.70. The molecule has 1 aromatic heterocycles. The van der Waals surface area contributed by atoms with E-state index in [1.165, 1.54) is 6.20 Å². The third kappa shape index (κ3) is 5.33. The van der Waals surface area contributed by atoms with Gasteiger partial charge < -0.3 is 10.1 Å². The first kappa shape index (κ1) is 17.9. The van der Waals surface area contributed by atoms with E-state index in [0.717, 1.165) is 0 Å². The van der Waals surface area contributed by atoms with Gasteiger partial charge >= 0.3 is 11.8 Å². The van der Waals surface area contributed by atoms with E-state index in [1.807, 2.05) is 0 Å². The van der Waals surface area contributed by atoms with Crippen LogP contribution in [0.2, 0.25) is 5.15 Å². The number of nitrogens with zero attached hydrogens (tertiary/aromatic N) is 2. The van der Waals surface area contributed by atoms with Crippen molar-refractivity contribution in [3.05, 3.63) is 38.7 Å². The molecule has 0 aliphatic heterocycles. The van der Waals surface area contributed by atoms with Gasteiger partial charge in [0.2, 0.25) is 5.15 Å². The van der Waals surface area contributed by atoms with Gasteiger partial charge in [-0.2, -0.15) is 0 Å². The van der Waals surface area contributed by atoms with Crippen molar-refractivity contribution >= 4 is 29.5 Å². The maximum absolute atomic E-state index is 11.4. The highest BCUT2D eigenvalue weighted by molar-refractivity contribution is 6.31. The number of halogens is 1. The molecule has 0 aliphatic rings. The van der Waals surface area contributed by atoms with Crippen LogP contribution in [-0.2, 0) is 4.74 Å². The molecule has 0 saturated carbocycles. The van der Waals surface area contributed by atoms with Crippen molar-refractivity contribution in [3.8, 4) is 0 Å². The molecule has 1 amide bonds. The second-order valence-electron chi connectivity index (χ2n) is 5.52. The number of nitro groups is 1. The van der Waals surface area contributed by atoms with Gasteiger partial charge in [0.25, 0.3) is 0 Å². The molecule has 1 rings (SSSR count). The average molecular weight is 328 g/mol. The van der Waals surface area contributed by atoms with Crippen molar-refractivity contribution in [1.29, 1.82) is 0 Å². The predicted molar refractivity (Wildman–Crippen MR) is 83.9 cm³/mol. The standard InChI is InChI=1S/C14H18ClN3O4/c1-9-10(8-17-12(15)11(9)18(20)21)6-5-7-16-13(19)22-14(2,3)4/h5-6,8H,7H2,1-4H3,(H,16,19). The van der Waals surface area contributed by atoms with Gasteiger partial charge in [-0.05, 0) is 27.7 Å². The fourth-order valence-corrected chi connectivity index (χ4v) is 1.86. The molecule has 7 nitrogen and oxygen atoms in total. The van der Waals surface area contributed by atoms with E-state index in [1.54, 1.807) is 39.8 Å². The molecule has 0 radical (unpaired) electrons. The van der Waals surface area contributed by atoms with Gasteiger partial charge in [-0.3, -0.25) is 10.1 Å². The number of alkyl carbamates (subject to hydrolysis) is 1. The summed E-state index contributed by atoms with van der Waals surface area (Å²) >= 11 is 5.71. The van der Waals surface area contributed by atoms with Gasteiger partial charge in [0, 0.05) is 23.9 Å². The lowest BCUT2D eigenvalue weighted by atomic mass is 10.1. The monoisotopic (exact) mass is 327 g/mol. The number of hydrogen-bond acceptors (Lipinski definition) is 5. The van der Waals surface area contributed by atoms with E-state index in [4.69, 9.17) is 16.3 Å². The number of carbonyl (C=O) groups is 1. The van der Waals surface area contributed by atoms with Crippen LogP contribution >= 0.6 is 11.6 Å². The highest BCUT2D eigenvalue weighted by Gasteiger charge is 2.19. The first-order valence-electron chi connectivity index (χ1n) is 6.54. The smallest absolute Gasteiger partial charge is 0.407 e. The van der Waals surface area contributed by atoms with Crippen LogP contribution in [0, 0.1) is 17.0 Å². The second-order valence-corrected chi connectivity index (χ2v) is 5.88. The lowest BCUT2D eigenvalue weighted by Crippen LogP contribution is -2.32. The fourth-order valence-electron chi connectivity index (χ4n) is 1.60. The van der Waals surface area contributed by atoms with Gasteiger partial charge in [-0.1, -0.05) is 23.8 Å². The van der Waals surface area contributed by atoms with Crippen LogP contribution in [0.3, 0.4) is 0 Å². The molecule has 0 saturated heterocycles. The molecule has 1 heterocycles. The van der Waals surface area contributed by atoms with Crippen molar-refractivity contribution in [3.63, 3.8) is 0 Å². The molecular weight excluding hydrogens is 310 g/mol. The van der Waals surface area contributed by atoms with Crippen molar-refractivity contribution in [2.45, 2.75) is 33.3 Å². The quantitative estimate of drug-likeness (QED) is 0.519. The van der Waals surface area contributed by atoms with E-state index in [-0.39, 0.29) is 17.4 Å². The molecule has 0 unspecified atom stereocenters. The van der Waals surface area contributed by atoms with Gasteiger partial charge in [0.05, 0.1) is 4.92 Å². The molecule has 0 atom stereocenters. The molecular formula is C14H18ClN3O4. The van der Waals surface area contributed by atoms with Crippen LogP contribution in [-0.4, -0.2) is 28.1 Å². The average Bonchev–Trinajstić information content (AvgIpc) is 2.34. The largest absolute Gasteiger partial charge is 0.444 e. The SMILES string of the molecule is Cc1c(C=CCNC(=O)OC(C)(C)C)cnc(Cl)c1[N+](=O)[O-]. The van der Waals surface area contributed by atoms with E-state index in [9.17, 15) is 14.9 Å². The molecule has 22 heavy (non-hydrogen) atoms. The van der Waals surface area contributed by atoms with Crippen LogP contribution in [0.1, 0.15) is 31.9 Å². The fraction of sp³-hybridized carbons (Fsp3) is 0.429. The van der Waals surface area contributed by atoms with Gasteiger partial charge in [-0.25, -0.2) is 9.78 Å². The topological polar surface area (TPSA) is 94.4 Å². The maximum Gasteiger partial charge on any atom is 0.407 e. The minimum absolute atomic E-state index is 0.147. The Morgan fingerprint density at radius 2 is 2.18 bits per heavy atom. The molecule has 0 aromatic carbocycles. The Hall–Kier alpha value is -2.15. The lowest BCUT2D eigenvalue weighted by Gasteiger charge is -2.19. The Morgan fingerprint density at radius 1 is 1.55 bits per heavy atom. The van der Waals surface area contributed by atoms with Gasteiger partial charge in [0.1, 0.15) is 5.60 Å².